The number of pyridine rings is 1. The third-order valence-electron chi connectivity index (χ3n) is 8.29. The largest absolute Gasteiger partial charge is 0.491 e. The Labute approximate surface area is 259 Å². The molecule has 13 heteroatoms. The van der Waals surface area contributed by atoms with Gasteiger partial charge in [0, 0.05) is 47.6 Å². The minimum Gasteiger partial charge on any atom is -0.383 e. The second-order valence-corrected chi connectivity index (χ2v) is 11.5. The summed E-state index contributed by atoms with van der Waals surface area (Å²) < 4.78 is 49.1. The molecule has 0 unspecified atom stereocenters. The first-order valence-corrected chi connectivity index (χ1v) is 14.7. The number of anilines is 1. The highest BCUT2D eigenvalue weighted by Crippen LogP contribution is 2.50. The molecule has 0 atom stereocenters. The van der Waals surface area contributed by atoms with Gasteiger partial charge < -0.3 is 14.4 Å². The summed E-state index contributed by atoms with van der Waals surface area (Å²) in [7, 11) is 0. The van der Waals surface area contributed by atoms with Gasteiger partial charge >= 0.3 is 18.1 Å². The van der Waals surface area contributed by atoms with Gasteiger partial charge in [-0.3, -0.25) is 4.98 Å². The number of esters is 2. The molecule has 9 nitrogen and oxygen atoms in total. The minimum absolute atomic E-state index is 0.0605. The Morgan fingerprint density at radius 1 is 0.933 bits per heavy atom. The van der Waals surface area contributed by atoms with Gasteiger partial charge in [-0.05, 0) is 37.1 Å². The highest BCUT2D eigenvalue weighted by Gasteiger charge is 2.42. The fourth-order valence-corrected chi connectivity index (χ4v) is 6.12. The van der Waals surface area contributed by atoms with Crippen molar-refractivity contribution in [1.82, 2.24) is 19.6 Å². The van der Waals surface area contributed by atoms with Gasteiger partial charge in [0.25, 0.3) is 0 Å². The van der Waals surface area contributed by atoms with E-state index in [1.807, 2.05) is 24.3 Å². The molecule has 7 rings (SSSR count). The second kappa shape index (κ2) is 11.4. The van der Waals surface area contributed by atoms with Crippen LogP contribution in [-0.2, 0) is 14.3 Å². The number of hydrogen-bond acceptors (Lipinski definition) is 8. The molecule has 45 heavy (non-hydrogen) atoms. The van der Waals surface area contributed by atoms with Gasteiger partial charge in [0.1, 0.15) is 0 Å². The third kappa shape index (κ3) is 5.59. The van der Waals surface area contributed by atoms with Crippen molar-refractivity contribution in [2.45, 2.75) is 30.9 Å². The van der Waals surface area contributed by atoms with Crippen LogP contribution in [0.1, 0.15) is 46.4 Å². The molecule has 1 aliphatic carbocycles. The van der Waals surface area contributed by atoms with Crippen LogP contribution in [0.2, 0.25) is 5.15 Å². The topological polar surface area (TPSA) is 98.9 Å². The zero-order valence-electron chi connectivity index (χ0n) is 23.6. The van der Waals surface area contributed by atoms with Crippen LogP contribution in [0.5, 0.6) is 0 Å². The van der Waals surface area contributed by atoms with Crippen LogP contribution in [0.4, 0.5) is 18.9 Å². The summed E-state index contributed by atoms with van der Waals surface area (Å²) in [6.45, 7) is 2.42. The van der Waals surface area contributed by atoms with Crippen LogP contribution in [0, 0.1) is 0 Å². The molecule has 0 amide bonds. The first-order chi connectivity index (χ1) is 21.7. The maximum absolute atomic E-state index is 12.6. The Kier molecular flexibility index (Phi) is 7.41. The van der Waals surface area contributed by atoms with E-state index in [1.54, 1.807) is 22.7 Å². The van der Waals surface area contributed by atoms with Gasteiger partial charge in [0.15, 0.2) is 10.8 Å². The maximum Gasteiger partial charge on any atom is 0.491 e. The van der Waals surface area contributed by atoms with E-state index in [2.05, 4.69) is 26.9 Å². The second-order valence-electron chi connectivity index (χ2n) is 11.1. The quantitative estimate of drug-likeness (QED) is 0.163. The van der Waals surface area contributed by atoms with Crippen molar-refractivity contribution in [3.05, 3.63) is 88.8 Å². The van der Waals surface area contributed by atoms with Crippen molar-refractivity contribution in [2.24, 2.45) is 0 Å². The Bertz CT molecular complexity index is 1930. The number of nitrogens with zero attached hydrogens (tertiary/aromatic N) is 5. The number of alkyl halides is 3. The monoisotopic (exact) mass is 635 g/mol. The first kappa shape index (κ1) is 29.2. The molecule has 2 fully saturated rings. The summed E-state index contributed by atoms with van der Waals surface area (Å²) in [5, 5.41) is 5.93. The number of hydrogen-bond donors (Lipinski definition) is 0. The molecule has 0 N–H and O–H groups in total. The van der Waals surface area contributed by atoms with E-state index >= 15 is 0 Å². The van der Waals surface area contributed by atoms with Crippen molar-refractivity contribution >= 4 is 45.8 Å². The molecule has 2 aliphatic rings. The summed E-state index contributed by atoms with van der Waals surface area (Å²) in [6, 6.07) is 19.6. The van der Waals surface area contributed by atoms with Crippen molar-refractivity contribution in [3.63, 3.8) is 0 Å². The number of carbonyl (C=O) groups excluding carboxylic acids is 2. The molecule has 0 bridgehead atoms. The Morgan fingerprint density at radius 3 is 2.40 bits per heavy atom. The number of morpholine rings is 1. The fourth-order valence-electron chi connectivity index (χ4n) is 5.94. The smallest absolute Gasteiger partial charge is 0.383 e. The van der Waals surface area contributed by atoms with E-state index in [4.69, 9.17) is 26.3 Å². The van der Waals surface area contributed by atoms with Crippen molar-refractivity contribution < 1.29 is 32.2 Å². The average Bonchev–Trinajstić information content (AvgIpc) is 3.38. The summed E-state index contributed by atoms with van der Waals surface area (Å²) in [4.78, 5) is 35.6. The van der Waals surface area contributed by atoms with Crippen LogP contribution in [0.25, 0.3) is 27.8 Å². The number of benzene rings is 2. The predicted octanol–water partition coefficient (Wildman–Crippen LogP) is 6.34. The Balaban J connectivity index is 1.25. The molecule has 1 saturated carbocycles. The van der Waals surface area contributed by atoms with E-state index in [0.29, 0.717) is 43.2 Å². The molecular formula is C32H25ClF3N5O4. The number of rotatable bonds is 5. The Hall–Kier alpha value is -4.55. The zero-order valence-corrected chi connectivity index (χ0v) is 24.4. The van der Waals surface area contributed by atoms with Crippen molar-refractivity contribution in [1.29, 1.82) is 0 Å². The lowest BCUT2D eigenvalue weighted by Crippen LogP contribution is -2.36. The third-order valence-corrected chi connectivity index (χ3v) is 8.47. The van der Waals surface area contributed by atoms with Gasteiger partial charge in [-0.1, -0.05) is 48.0 Å². The number of ether oxygens (including phenoxy) is 2. The van der Waals surface area contributed by atoms with Gasteiger partial charge in [-0.25, -0.2) is 19.1 Å². The van der Waals surface area contributed by atoms with Crippen LogP contribution in [0.3, 0.4) is 0 Å². The first-order valence-electron chi connectivity index (χ1n) is 14.4. The molecule has 3 aromatic heterocycles. The molecule has 230 valence electrons. The zero-order chi connectivity index (χ0) is 31.3. The molecule has 2 aromatic carbocycles. The summed E-state index contributed by atoms with van der Waals surface area (Å²) in [5.74, 6) is -3.68. The maximum atomic E-state index is 12.6. The summed E-state index contributed by atoms with van der Waals surface area (Å²) in [6.07, 6.45) is -3.69. The number of aromatic nitrogens is 4. The van der Waals surface area contributed by atoms with E-state index in [-0.39, 0.29) is 22.6 Å². The van der Waals surface area contributed by atoms with Gasteiger partial charge in [-0.15, -0.1) is 0 Å². The lowest BCUT2D eigenvalue weighted by Gasteiger charge is -2.34. The van der Waals surface area contributed by atoms with Crippen LogP contribution >= 0.6 is 11.6 Å². The molecule has 1 saturated heterocycles. The highest BCUT2D eigenvalue weighted by molar-refractivity contribution is 6.29. The standard InChI is InChI=1S/C32H25ClF3N5O4/c33-26-17-25(40-11-13-44-14-12-40)29-38-27(22-15-21(16-22)24-10-9-18-3-1-2-4-23(18)37-24)28(41(29)39-26)19-5-7-20(8-6-19)30(42)45-31(43)32(34,35)36/h1-10,17,21-22H,11-16H2. The van der Waals surface area contributed by atoms with E-state index in [9.17, 15) is 22.8 Å². The number of fused-ring (bicyclic) bond motifs is 2. The van der Waals surface area contributed by atoms with Gasteiger partial charge in [0.05, 0.1) is 41.4 Å². The minimum atomic E-state index is -5.28. The Morgan fingerprint density at radius 2 is 1.67 bits per heavy atom. The van der Waals surface area contributed by atoms with Crippen LogP contribution < -0.4 is 4.90 Å². The number of carbonyl (C=O) groups is 2. The predicted molar refractivity (Wildman–Crippen MR) is 159 cm³/mol. The van der Waals surface area contributed by atoms with Crippen molar-refractivity contribution in [2.75, 3.05) is 31.2 Å². The SMILES string of the molecule is O=C(OC(=O)C(F)(F)F)c1ccc(-c2c(C3CC(c4ccc5ccccc5n4)C3)nc3c(N4CCOCC4)cc(Cl)nn23)cc1. The van der Waals surface area contributed by atoms with Crippen LogP contribution in [-0.4, -0.2) is 64.0 Å². The average molecular weight is 636 g/mol. The highest BCUT2D eigenvalue weighted by atomic mass is 35.5. The molecule has 0 spiro atoms. The molecule has 1 aliphatic heterocycles. The number of halogens is 4. The van der Waals surface area contributed by atoms with E-state index in [0.717, 1.165) is 40.8 Å². The molecule has 0 radical (unpaired) electrons. The number of imidazole rings is 1. The van der Waals surface area contributed by atoms with E-state index in [1.165, 1.54) is 12.1 Å². The van der Waals surface area contributed by atoms with Gasteiger partial charge in [-0.2, -0.15) is 18.3 Å². The molecule has 4 heterocycles. The normalized spacial score (nSPS) is 18.6. The summed E-state index contributed by atoms with van der Waals surface area (Å²) >= 11 is 6.53. The number of para-hydroxylation sites is 1. The van der Waals surface area contributed by atoms with E-state index < -0.39 is 18.1 Å². The lowest BCUT2D eigenvalue weighted by molar-refractivity contribution is -0.193. The molecule has 5 aromatic rings. The lowest BCUT2D eigenvalue weighted by atomic mass is 9.71. The molecular weight excluding hydrogens is 611 g/mol. The van der Waals surface area contributed by atoms with Crippen molar-refractivity contribution in [3.8, 4) is 11.3 Å². The van der Waals surface area contributed by atoms with Gasteiger partial charge in [0.2, 0.25) is 0 Å². The van der Waals surface area contributed by atoms with Crippen LogP contribution in [0.15, 0.2) is 66.7 Å². The fraction of sp³-hybridized carbons (Fsp3) is 0.281. The summed E-state index contributed by atoms with van der Waals surface area (Å²) in [5.41, 5.74) is 5.23.